The first kappa shape index (κ1) is 72.0. The Morgan fingerprint density at radius 3 is 0.932 bits per heavy atom. The topological polar surface area (TPSA) is 155 Å². The van der Waals surface area contributed by atoms with Gasteiger partial charge in [-0.1, -0.05) is 251 Å². The first-order valence-electron chi connectivity index (χ1n) is 31.2. The molecule has 0 aromatic carbocycles. The van der Waals surface area contributed by atoms with E-state index in [1.165, 1.54) is 193 Å². The molecule has 2 N–H and O–H groups in total. The maximum atomic E-state index is 12.9. The number of phosphoric acid groups is 1. The zero-order valence-electron chi connectivity index (χ0n) is 48.3. The second-order valence-corrected chi connectivity index (χ2v) is 22.7. The smallest absolute Gasteiger partial charge is 0.462 e. The second-order valence-electron chi connectivity index (χ2n) is 21.2. The Morgan fingerprint density at radius 1 is 0.365 bits per heavy atom. The molecule has 0 spiro atoms. The van der Waals surface area contributed by atoms with Crippen LogP contribution in [0, 0.1) is 0 Å². The molecule has 11 nitrogen and oxygen atoms in total. The Hall–Kier alpha value is -2.04. The molecule has 0 fully saturated rings. The van der Waals surface area contributed by atoms with Gasteiger partial charge in [-0.15, -0.1) is 0 Å². The minimum atomic E-state index is -4.74. The van der Waals surface area contributed by atoms with Gasteiger partial charge in [0.1, 0.15) is 12.7 Å². The SMILES string of the molecule is CCCCCCCC/C=C\CCCCCCCCCCCC(=O)OCC(COP(=O)(O)OCC(CO)OC(=O)CCCCCCCCCCCCC)OC(=O)CCCCCCCCC/C=C\CCCCCCCC. The fraction of sp³-hybridized carbons (Fsp3) is 0.887. The van der Waals surface area contributed by atoms with Gasteiger partial charge in [0.15, 0.2) is 6.10 Å². The molecular weight excluding hydrogens is 952 g/mol. The molecule has 0 aliphatic rings. The van der Waals surface area contributed by atoms with E-state index in [1.54, 1.807) is 0 Å². The van der Waals surface area contributed by atoms with Gasteiger partial charge in [0.25, 0.3) is 0 Å². The molecule has 12 heteroatoms. The van der Waals surface area contributed by atoms with Crippen molar-refractivity contribution in [2.24, 2.45) is 0 Å². The number of ether oxygens (including phenoxy) is 3. The highest BCUT2D eigenvalue weighted by molar-refractivity contribution is 7.47. The Bertz CT molecular complexity index is 1340. The zero-order valence-corrected chi connectivity index (χ0v) is 49.2. The van der Waals surface area contributed by atoms with Gasteiger partial charge >= 0.3 is 25.7 Å². The summed E-state index contributed by atoms with van der Waals surface area (Å²) in [6.07, 6.45) is 58.5. The van der Waals surface area contributed by atoms with E-state index in [2.05, 4.69) is 45.1 Å². The van der Waals surface area contributed by atoms with Gasteiger partial charge in [0, 0.05) is 19.3 Å². The number of aliphatic hydroxyl groups excluding tert-OH is 1. The fourth-order valence-corrected chi connectivity index (χ4v) is 9.84. The Labute approximate surface area is 455 Å². The number of unbranched alkanes of at least 4 members (excludes halogenated alkanes) is 38. The van der Waals surface area contributed by atoms with Crippen molar-refractivity contribution in [3.8, 4) is 0 Å². The van der Waals surface area contributed by atoms with Crippen LogP contribution in [0.2, 0.25) is 0 Å². The molecule has 0 aromatic heterocycles. The third-order valence-electron chi connectivity index (χ3n) is 13.8. The summed E-state index contributed by atoms with van der Waals surface area (Å²) in [7, 11) is -4.74. The lowest BCUT2D eigenvalue weighted by molar-refractivity contribution is -0.161. The highest BCUT2D eigenvalue weighted by Gasteiger charge is 2.28. The number of hydrogen-bond donors (Lipinski definition) is 2. The molecule has 3 unspecified atom stereocenters. The van der Waals surface area contributed by atoms with Crippen LogP contribution in [0.4, 0.5) is 0 Å². The van der Waals surface area contributed by atoms with Gasteiger partial charge in [-0.3, -0.25) is 23.4 Å². The summed E-state index contributed by atoms with van der Waals surface area (Å²) >= 11 is 0. The van der Waals surface area contributed by atoms with Crippen molar-refractivity contribution in [2.75, 3.05) is 26.4 Å². The van der Waals surface area contributed by atoms with E-state index in [4.69, 9.17) is 23.3 Å². The van der Waals surface area contributed by atoms with Crippen LogP contribution in [0.25, 0.3) is 0 Å². The minimum absolute atomic E-state index is 0.167. The molecule has 0 heterocycles. The number of allylic oxidation sites excluding steroid dienone is 4. The highest BCUT2D eigenvalue weighted by atomic mass is 31.2. The number of esters is 3. The van der Waals surface area contributed by atoms with Crippen molar-refractivity contribution in [3.63, 3.8) is 0 Å². The minimum Gasteiger partial charge on any atom is -0.462 e. The molecule has 0 amide bonds. The summed E-state index contributed by atoms with van der Waals surface area (Å²) in [4.78, 5) is 48.6. The zero-order chi connectivity index (χ0) is 54.1. The first-order valence-corrected chi connectivity index (χ1v) is 32.7. The van der Waals surface area contributed by atoms with E-state index in [1.807, 2.05) is 0 Å². The summed E-state index contributed by atoms with van der Waals surface area (Å²) < 4.78 is 39.6. The van der Waals surface area contributed by atoms with Crippen LogP contribution >= 0.6 is 7.82 Å². The van der Waals surface area contributed by atoms with E-state index >= 15 is 0 Å². The van der Waals surface area contributed by atoms with E-state index in [9.17, 15) is 28.9 Å². The highest BCUT2D eigenvalue weighted by Crippen LogP contribution is 2.43. The lowest BCUT2D eigenvalue weighted by Gasteiger charge is -2.21. The molecule has 0 rings (SSSR count). The van der Waals surface area contributed by atoms with Gasteiger partial charge in [-0.05, 0) is 70.6 Å². The average Bonchev–Trinajstić information content (AvgIpc) is 3.39. The molecular formula is C62H117O11P. The van der Waals surface area contributed by atoms with Gasteiger partial charge < -0.3 is 24.2 Å². The summed E-state index contributed by atoms with van der Waals surface area (Å²) in [6, 6.07) is 0. The van der Waals surface area contributed by atoms with Crippen LogP contribution in [0.5, 0.6) is 0 Å². The standard InChI is InChI=1S/C62H117O11P/c1-4-7-10-13-16-19-22-24-26-28-29-31-32-34-37-39-42-45-48-51-60(64)69-55-59(73-62(66)53-50-47-44-41-38-35-33-30-27-25-23-20-17-14-11-8-5-2)57-71-74(67,68)70-56-58(54-63)72-61(65)52-49-46-43-40-36-21-18-15-12-9-6-3/h24-27,58-59,63H,4-23,28-57H2,1-3H3,(H,67,68)/b26-24-,27-25-. The quantitative estimate of drug-likeness (QED) is 0.0197. The monoisotopic (exact) mass is 1070 g/mol. The van der Waals surface area contributed by atoms with Crippen molar-refractivity contribution < 1.29 is 52.2 Å². The van der Waals surface area contributed by atoms with Crippen LogP contribution in [0.1, 0.15) is 316 Å². The average molecular weight is 1070 g/mol. The number of hydrogen-bond acceptors (Lipinski definition) is 10. The van der Waals surface area contributed by atoms with E-state index in [0.717, 1.165) is 64.2 Å². The van der Waals surface area contributed by atoms with Crippen molar-refractivity contribution in [1.82, 2.24) is 0 Å². The predicted octanol–water partition coefficient (Wildman–Crippen LogP) is 18.6. The lowest BCUT2D eigenvalue weighted by Crippen LogP contribution is -2.30. The van der Waals surface area contributed by atoms with Crippen molar-refractivity contribution in [1.29, 1.82) is 0 Å². The maximum Gasteiger partial charge on any atom is 0.472 e. The summed E-state index contributed by atoms with van der Waals surface area (Å²) in [6.45, 7) is 4.68. The fourth-order valence-electron chi connectivity index (χ4n) is 9.05. The molecule has 0 aliphatic carbocycles. The van der Waals surface area contributed by atoms with Crippen LogP contribution < -0.4 is 0 Å². The summed E-state index contributed by atoms with van der Waals surface area (Å²) in [5, 5.41) is 9.81. The van der Waals surface area contributed by atoms with Crippen LogP contribution in [0.15, 0.2) is 24.3 Å². The lowest BCUT2D eigenvalue weighted by atomic mass is 10.1. The molecule has 74 heavy (non-hydrogen) atoms. The number of carbonyl (C=O) groups excluding carboxylic acids is 3. The largest absolute Gasteiger partial charge is 0.472 e. The van der Waals surface area contributed by atoms with E-state index in [0.29, 0.717) is 19.3 Å². The Morgan fingerprint density at radius 2 is 0.622 bits per heavy atom. The second kappa shape index (κ2) is 57.1. The number of carbonyl (C=O) groups is 3. The normalized spacial score (nSPS) is 13.4. The third kappa shape index (κ3) is 54.7. The van der Waals surface area contributed by atoms with Crippen molar-refractivity contribution >= 4 is 25.7 Å². The molecule has 0 bridgehead atoms. The molecule has 436 valence electrons. The van der Waals surface area contributed by atoms with Crippen LogP contribution in [-0.4, -0.2) is 66.5 Å². The van der Waals surface area contributed by atoms with E-state index in [-0.39, 0.29) is 25.9 Å². The van der Waals surface area contributed by atoms with E-state index < -0.39 is 57.8 Å². The van der Waals surface area contributed by atoms with Crippen LogP contribution in [0.3, 0.4) is 0 Å². The maximum absolute atomic E-state index is 12.9. The van der Waals surface area contributed by atoms with Gasteiger partial charge in [-0.2, -0.15) is 0 Å². The van der Waals surface area contributed by atoms with Gasteiger partial charge in [0.05, 0.1) is 19.8 Å². The first-order chi connectivity index (χ1) is 36.2. The summed E-state index contributed by atoms with van der Waals surface area (Å²) in [5.41, 5.74) is 0. The molecule has 3 atom stereocenters. The molecule has 0 aliphatic heterocycles. The van der Waals surface area contributed by atoms with Crippen LogP contribution in [-0.2, 0) is 42.2 Å². The Kier molecular flexibility index (Phi) is 55.6. The Balaban J connectivity index is 4.67. The number of rotatable bonds is 59. The van der Waals surface area contributed by atoms with Gasteiger partial charge in [-0.25, -0.2) is 4.57 Å². The van der Waals surface area contributed by atoms with Gasteiger partial charge in [0.2, 0.25) is 0 Å². The molecule has 0 saturated carbocycles. The predicted molar refractivity (Wildman–Crippen MR) is 307 cm³/mol. The summed E-state index contributed by atoms with van der Waals surface area (Å²) in [5.74, 6) is -1.45. The van der Waals surface area contributed by atoms with Crippen molar-refractivity contribution in [2.45, 2.75) is 328 Å². The number of aliphatic hydroxyl groups is 1. The molecule has 0 aromatic rings. The third-order valence-corrected chi connectivity index (χ3v) is 14.8. The molecule has 0 saturated heterocycles. The number of phosphoric ester groups is 1. The molecule has 0 radical (unpaired) electrons. The van der Waals surface area contributed by atoms with Crippen molar-refractivity contribution in [3.05, 3.63) is 24.3 Å².